The van der Waals surface area contributed by atoms with Crippen LogP contribution in [0.25, 0.3) is 0 Å². The summed E-state index contributed by atoms with van der Waals surface area (Å²) in [6, 6.07) is 16.1. The summed E-state index contributed by atoms with van der Waals surface area (Å²) in [6.45, 7) is 2.08. The van der Waals surface area contributed by atoms with Crippen LogP contribution >= 0.6 is 0 Å². The molecule has 0 fully saturated rings. The van der Waals surface area contributed by atoms with Gasteiger partial charge in [-0.05, 0) is 36.2 Å². The molecule has 28 heavy (non-hydrogen) atoms. The number of amides is 1. The number of hydrogen-bond donors (Lipinski definition) is 1. The maximum Gasteiger partial charge on any atom is 0.295 e. The highest BCUT2D eigenvalue weighted by Gasteiger charge is 2.18. The Morgan fingerprint density at radius 3 is 2.57 bits per heavy atom. The van der Waals surface area contributed by atoms with Crippen LogP contribution in [0.1, 0.15) is 21.5 Å². The van der Waals surface area contributed by atoms with Crippen LogP contribution in [0.5, 0.6) is 0 Å². The van der Waals surface area contributed by atoms with E-state index in [0.29, 0.717) is 0 Å². The molecule has 8 nitrogen and oxygen atoms in total. The minimum Gasteiger partial charge on any atom is -0.406 e. The molecule has 8 heteroatoms. The van der Waals surface area contributed by atoms with Crippen molar-refractivity contribution in [2.24, 2.45) is 0 Å². The van der Waals surface area contributed by atoms with Crippen molar-refractivity contribution in [3.63, 3.8) is 0 Å². The van der Waals surface area contributed by atoms with Crippen molar-refractivity contribution in [1.29, 1.82) is 0 Å². The average molecular weight is 379 g/mol. The number of rotatable bonds is 6. The lowest BCUT2D eigenvalue weighted by Crippen LogP contribution is -2.32. The van der Waals surface area contributed by atoms with E-state index in [0.717, 1.165) is 15.9 Å². The van der Waals surface area contributed by atoms with Crippen LogP contribution in [0.2, 0.25) is 0 Å². The Hall–Kier alpha value is -3.94. The van der Waals surface area contributed by atoms with Gasteiger partial charge in [0.15, 0.2) is 0 Å². The van der Waals surface area contributed by atoms with Crippen molar-refractivity contribution in [3.05, 3.63) is 104 Å². The maximum absolute atomic E-state index is 12.6. The van der Waals surface area contributed by atoms with Gasteiger partial charge in [0.05, 0.1) is 4.92 Å². The van der Waals surface area contributed by atoms with E-state index in [1.165, 1.54) is 36.5 Å². The predicted octanol–water partition coefficient (Wildman–Crippen LogP) is 2.95. The summed E-state index contributed by atoms with van der Waals surface area (Å²) in [5, 5.41) is 13.5. The molecule has 0 saturated heterocycles. The van der Waals surface area contributed by atoms with E-state index in [1.807, 2.05) is 31.2 Å². The number of nitrogens with one attached hydrogen (secondary N) is 1. The Kier molecular flexibility index (Phi) is 5.50. The smallest absolute Gasteiger partial charge is 0.295 e. The van der Waals surface area contributed by atoms with Crippen molar-refractivity contribution in [2.75, 3.05) is 5.32 Å². The van der Waals surface area contributed by atoms with Crippen LogP contribution in [0.15, 0.2) is 71.7 Å². The second kappa shape index (κ2) is 8.17. The maximum atomic E-state index is 12.6. The van der Waals surface area contributed by atoms with Crippen molar-refractivity contribution < 1.29 is 14.6 Å². The van der Waals surface area contributed by atoms with E-state index in [2.05, 4.69) is 5.32 Å². The van der Waals surface area contributed by atoms with Gasteiger partial charge in [-0.2, -0.15) is 4.73 Å². The summed E-state index contributed by atoms with van der Waals surface area (Å²) in [5.74, 6) is -0.756. The lowest BCUT2D eigenvalue weighted by atomic mass is 10.1. The number of nitrogens with zero attached hydrogens (tertiary/aromatic N) is 2. The van der Waals surface area contributed by atoms with E-state index in [4.69, 9.17) is 4.84 Å². The van der Waals surface area contributed by atoms with E-state index >= 15 is 0 Å². The Morgan fingerprint density at radius 2 is 1.82 bits per heavy atom. The fraction of sp³-hybridized carbons (Fsp3) is 0.100. The van der Waals surface area contributed by atoms with Crippen LogP contribution in [-0.4, -0.2) is 15.6 Å². The van der Waals surface area contributed by atoms with Gasteiger partial charge in [0.1, 0.15) is 17.9 Å². The number of anilines is 1. The van der Waals surface area contributed by atoms with Gasteiger partial charge < -0.3 is 10.2 Å². The van der Waals surface area contributed by atoms with Crippen molar-refractivity contribution in [2.45, 2.75) is 13.5 Å². The molecule has 142 valence electrons. The second-order valence-corrected chi connectivity index (χ2v) is 5.98. The number of benzene rings is 2. The number of para-hydroxylation sites is 2. The highest BCUT2D eigenvalue weighted by Crippen LogP contribution is 2.23. The van der Waals surface area contributed by atoms with Gasteiger partial charge in [0.25, 0.3) is 17.2 Å². The SMILES string of the molecule is Cc1ccccc1COn1cccc(C(=O)Nc2ccccc2[N+](=O)[O-])c1=O. The number of aromatic nitrogens is 1. The molecular weight excluding hydrogens is 362 g/mol. The summed E-state index contributed by atoms with van der Waals surface area (Å²) < 4.78 is 0.973. The monoisotopic (exact) mass is 379 g/mol. The molecule has 1 amide bonds. The quantitative estimate of drug-likeness (QED) is 0.524. The molecule has 0 aliphatic heterocycles. The number of hydrogen-bond acceptors (Lipinski definition) is 5. The van der Waals surface area contributed by atoms with Gasteiger partial charge in [-0.1, -0.05) is 36.4 Å². The number of nitro groups is 1. The molecule has 1 aromatic heterocycles. The Balaban J connectivity index is 1.81. The minimum absolute atomic E-state index is 0.00753. The molecule has 1 heterocycles. The zero-order valence-corrected chi connectivity index (χ0v) is 15.0. The fourth-order valence-electron chi connectivity index (χ4n) is 2.59. The minimum atomic E-state index is -0.756. The molecule has 0 unspecified atom stereocenters. The van der Waals surface area contributed by atoms with Crippen LogP contribution in [0.4, 0.5) is 11.4 Å². The van der Waals surface area contributed by atoms with Gasteiger partial charge in [-0.25, -0.2) is 0 Å². The second-order valence-electron chi connectivity index (χ2n) is 5.98. The van der Waals surface area contributed by atoms with Crippen molar-refractivity contribution >= 4 is 17.3 Å². The largest absolute Gasteiger partial charge is 0.406 e. The first kappa shape index (κ1) is 18.8. The molecule has 0 radical (unpaired) electrons. The summed E-state index contributed by atoms with van der Waals surface area (Å²) >= 11 is 0. The summed E-state index contributed by atoms with van der Waals surface area (Å²) in [5.41, 5.74) is 0.818. The molecule has 2 aromatic carbocycles. The number of nitro benzene ring substituents is 1. The topological polar surface area (TPSA) is 103 Å². The molecule has 0 aliphatic carbocycles. The van der Waals surface area contributed by atoms with Gasteiger partial charge in [0.2, 0.25) is 0 Å². The third-order valence-corrected chi connectivity index (χ3v) is 4.13. The summed E-state index contributed by atoms with van der Waals surface area (Å²) in [6.07, 6.45) is 1.41. The van der Waals surface area contributed by atoms with Gasteiger partial charge in [-0.3, -0.25) is 19.7 Å². The van der Waals surface area contributed by atoms with Crippen LogP contribution < -0.4 is 15.7 Å². The number of carbonyl (C=O) groups excluding carboxylic acids is 1. The average Bonchev–Trinajstić information content (AvgIpc) is 2.68. The molecule has 3 aromatic rings. The first-order valence-electron chi connectivity index (χ1n) is 8.41. The highest BCUT2D eigenvalue weighted by molar-refractivity contribution is 6.05. The molecule has 0 atom stereocenters. The van der Waals surface area contributed by atoms with E-state index in [9.17, 15) is 19.7 Å². The first-order valence-corrected chi connectivity index (χ1v) is 8.41. The van der Waals surface area contributed by atoms with E-state index in [1.54, 1.807) is 6.07 Å². The lowest BCUT2D eigenvalue weighted by Gasteiger charge is -2.11. The molecule has 0 bridgehead atoms. The zero-order chi connectivity index (χ0) is 20.1. The number of carbonyl (C=O) groups is 1. The van der Waals surface area contributed by atoms with E-state index in [-0.39, 0.29) is 23.5 Å². The van der Waals surface area contributed by atoms with Gasteiger partial charge in [-0.15, -0.1) is 0 Å². The van der Waals surface area contributed by atoms with Crippen molar-refractivity contribution in [3.8, 4) is 0 Å². The molecule has 0 saturated carbocycles. The fourth-order valence-corrected chi connectivity index (χ4v) is 2.59. The standard InChI is InChI=1S/C20H17N3O5/c1-14-7-2-3-8-15(14)13-28-22-12-6-9-16(20(22)25)19(24)21-17-10-4-5-11-18(17)23(26)27/h2-12H,13H2,1H3,(H,21,24). The van der Waals surface area contributed by atoms with Crippen LogP contribution in [-0.2, 0) is 6.61 Å². The first-order chi connectivity index (χ1) is 13.5. The molecule has 1 N–H and O–H groups in total. The third kappa shape index (κ3) is 4.07. The third-order valence-electron chi connectivity index (χ3n) is 4.13. The van der Waals surface area contributed by atoms with E-state index < -0.39 is 16.4 Å². The predicted molar refractivity (Wildman–Crippen MR) is 103 cm³/mol. The summed E-state index contributed by atoms with van der Waals surface area (Å²) in [7, 11) is 0. The number of pyridine rings is 1. The van der Waals surface area contributed by atoms with Crippen molar-refractivity contribution in [1.82, 2.24) is 4.73 Å². The van der Waals surface area contributed by atoms with Crippen LogP contribution in [0, 0.1) is 17.0 Å². The molecule has 0 aliphatic rings. The number of aryl methyl sites for hydroxylation is 1. The Labute approximate surface area is 160 Å². The summed E-state index contributed by atoms with van der Waals surface area (Å²) in [4.78, 5) is 41.0. The van der Waals surface area contributed by atoms with Gasteiger partial charge in [0, 0.05) is 12.3 Å². The lowest BCUT2D eigenvalue weighted by molar-refractivity contribution is -0.383. The molecule has 0 spiro atoms. The van der Waals surface area contributed by atoms with Gasteiger partial charge >= 0.3 is 0 Å². The Morgan fingerprint density at radius 1 is 1.11 bits per heavy atom. The van der Waals surface area contributed by atoms with Crippen LogP contribution in [0.3, 0.4) is 0 Å². The Bertz CT molecular complexity index is 1090. The highest BCUT2D eigenvalue weighted by atomic mass is 16.7. The molecular formula is C20H17N3O5. The normalized spacial score (nSPS) is 10.3. The zero-order valence-electron chi connectivity index (χ0n) is 15.0. The molecule has 3 rings (SSSR count).